The Morgan fingerprint density at radius 3 is 2.87 bits per heavy atom. The monoisotopic (exact) mass is 206 g/mol. The molecule has 0 saturated heterocycles. The number of nitriles is 1. The fourth-order valence-electron chi connectivity index (χ4n) is 1.23. The molecule has 82 valence electrons. The summed E-state index contributed by atoms with van der Waals surface area (Å²) in [6, 6.07) is 4.27. The minimum Gasteiger partial charge on any atom is -0.311 e. The lowest BCUT2D eigenvalue weighted by Gasteiger charge is -2.14. The quantitative estimate of drug-likeness (QED) is 0.742. The van der Waals surface area contributed by atoms with Crippen LogP contribution in [-0.4, -0.2) is 16.3 Å². The molecule has 15 heavy (non-hydrogen) atoms. The van der Waals surface area contributed by atoms with E-state index in [0.717, 1.165) is 25.2 Å². The standard InChI is InChI=1S/C11H18N4/c1-11(2,9-12)5-6-13-8-10-4-7-15(3)14-10/h4,7,13H,5-6,8H2,1-3H3. The van der Waals surface area contributed by atoms with Crippen molar-refractivity contribution in [2.45, 2.75) is 26.8 Å². The van der Waals surface area contributed by atoms with Gasteiger partial charge >= 0.3 is 0 Å². The van der Waals surface area contributed by atoms with E-state index in [9.17, 15) is 0 Å². The first-order valence-electron chi connectivity index (χ1n) is 5.14. The molecule has 0 spiro atoms. The second-order valence-electron chi connectivity index (χ2n) is 4.40. The highest BCUT2D eigenvalue weighted by Crippen LogP contribution is 2.17. The summed E-state index contributed by atoms with van der Waals surface area (Å²) in [6.45, 7) is 5.52. The van der Waals surface area contributed by atoms with Crippen molar-refractivity contribution in [1.82, 2.24) is 15.1 Å². The Hall–Kier alpha value is -1.34. The number of rotatable bonds is 5. The van der Waals surface area contributed by atoms with Crippen molar-refractivity contribution in [3.05, 3.63) is 18.0 Å². The molecule has 0 aliphatic heterocycles. The maximum absolute atomic E-state index is 8.82. The second-order valence-corrected chi connectivity index (χ2v) is 4.40. The average Bonchev–Trinajstić information content (AvgIpc) is 2.59. The Kier molecular flexibility index (Phi) is 3.87. The first-order valence-corrected chi connectivity index (χ1v) is 5.14. The topological polar surface area (TPSA) is 53.6 Å². The van der Waals surface area contributed by atoms with Crippen molar-refractivity contribution in [1.29, 1.82) is 5.26 Å². The molecule has 1 rings (SSSR count). The predicted octanol–water partition coefficient (Wildman–Crippen LogP) is 1.45. The van der Waals surface area contributed by atoms with Crippen molar-refractivity contribution in [3.63, 3.8) is 0 Å². The van der Waals surface area contributed by atoms with Gasteiger partial charge in [0.1, 0.15) is 0 Å². The minimum atomic E-state index is -0.239. The van der Waals surface area contributed by atoms with Crippen LogP contribution < -0.4 is 5.32 Å². The molecule has 1 heterocycles. The highest BCUT2D eigenvalue weighted by molar-refractivity contribution is 4.98. The highest BCUT2D eigenvalue weighted by atomic mass is 15.3. The maximum Gasteiger partial charge on any atom is 0.0762 e. The maximum atomic E-state index is 8.82. The number of aromatic nitrogens is 2. The molecule has 0 aliphatic carbocycles. The number of hydrogen-bond acceptors (Lipinski definition) is 3. The van der Waals surface area contributed by atoms with Crippen LogP contribution in [0, 0.1) is 16.7 Å². The molecule has 1 aromatic rings. The molecule has 1 aromatic heterocycles. The van der Waals surface area contributed by atoms with E-state index in [1.807, 2.05) is 33.2 Å². The van der Waals surface area contributed by atoms with Crippen LogP contribution in [-0.2, 0) is 13.6 Å². The van der Waals surface area contributed by atoms with E-state index in [2.05, 4.69) is 16.5 Å². The number of aryl methyl sites for hydroxylation is 1. The smallest absolute Gasteiger partial charge is 0.0762 e. The van der Waals surface area contributed by atoms with Gasteiger partial charge in [-0.15, -0.1) is 0 Å². The van der Waals surface area contributed by atoms with Crippen LogP contribution in [0.4, 0.5) is 0 Å². The first kappa shape index (κ1) is 11.7. The van der Waals surface area contributed by atoms with Crippen LogP contribution in [0.1, 0.15) is 26.0 Å². The lowest BCUT2D eigenvalue weighted by atomic mass is 9.91. The normalized spacial score (nSPS) is 11.3. The van der Waals surface area contributed by atoms with Crippen molar-refractivity contribution in [3.8, 4) is 6.07 Å². The molecule has 0 bridgehead atoms. The summed E-state index contributed by atoms with van der Waals surface area (Å²) < 4.78 is 1.79. The summed E-state index contributed by atoms with van der Waals surface area (Å²) in [5.41, 5.74) is 0.796. The molecule has 0 atom stereocenters. The fourth-order valence-corrected chi connectivity index (χ4v) is 1.23. The fraction of sp³-hybridized carbons (Fsp3) is 0.636. The Morgan fingerprint density at radius 2 is 2.33 bits per heavy atom. The third-order valence-electron chi connectivity index (χ3n) is 2.30. The van der Waals surface area contributed by atoms with Gasteiger partial charge in [0.25, 0.3) is 0 Å². The van der Waals surface area contributed by atoms with Gasteiger partial charge < -0.3 is 5.32 Å². The average molecular weight is 206 g/mol. The van der Waals surface area contributed by atoms with Gasteiger partial charge in [0, 0.05) is 19.8 Å². The summed E-state index contributed by atoms with van der Waals surface area (Å²) in [6.07, 6.45) is 2.78. The largest absolute Gasteiger partial charge is 0.311 e. The molecule has 0 radical (unpaired) electrons. The van der Waals surface area contributed by atoms with Gasteiger partial charge in [-0.2, -0.15) is 10.4 Å². The zero-order valence-corrected chi connectivity index (χ0v) is 9.62. The number of hydrogen-bond donors (Lipinski definition) is 1. The van der Waals surface area contributed by atoms with E-state index in [4.69, 9.17) is 5.26 Å². The zero-order valence-electron chi connectivity index (χ0n) is 9.62. The molecule has 0 unspecified atom stereocenters. The molecule has 0 aromatic carbocycles. The van der Waals surface area contributed by atoms with E-state index in [0.29, 0.717) is 0 Å². The van der Waals surface area contributed by atoms with Crippen LogP contribution in [0.15, 0.2) is 12.3 Å². The van der Waals surface area contributed by atoms with E-state index < -0.39 is 0 Å². The first-order chi connectivity index (χ1) is 7.03. The van der Waals surface area contributed by atoms with Crippen LogP contribution in [0.5, 0.6) is 0 Å². The zero-order chi connectivity index (χ0) is 11.3. The molecule has 0 amide bonds. The molecule has 1 N–H and O–H groups in total. The van der Waals surface area contributed by atoms with Crippen LogP contribution >= 0.6 is 0 Å². The second kappa shape index (κ2) is 4.94. The van der Waals surface area contributed by atoms with Crippen molar-refractivity contribution in [2.24, 2.45) is 12.5 Å². The Labute approximate surface area is 90.9 Å². The summed E-state index contributed by atoms with van der Waals surface area (Å²) >= 11 is 0. The van der Waals surface area contributed by atoms with Gasteiger partial charge in [0.05, 0.1) is 17.2 Å². The van der Waals surface area contributed by atoms with Gasteiger partial charge in [0.2, 0.25) is 0 Å². The molecular formula is C11H18N4. The minimum absolute atomic E-state index is 0.239. The van der Waals surface area contributed by atoms with E-state index in [-0.39, 0.29) is 5.41 Å². The summed E-state index contributed by atoms with van der Waals surface area (Å²) in [4.78, 5) is 0. The van der Waals surface area contributed by atoms with E-state index >= 15 is 0 Å². The summed E-state index contributed by atoms with van der Waals surface area (Å²) in [7, 11) is 1.91. The molecule has 4 heteroatoms. The molecule has 0 saturated carbocycles. The highest BCUT2D eigenvalue weighted by Gasteiger charge is 2.15. The van der Waals surface area contributed by atoms with E-state index in [1.165, 1.54) is 0 Å². The molecule has 4 nitrogen and oxygen atoms in total. The van der Waals surface area contributed by atoms with Gasteiger partial charge in [-0.25, -0.2) is 0 Å². The van der Waals surface area contributed by atoms with Crippen molar-refractivity contribution < 1.29 is 0 Å². The third-order valence-corrected chi connectivity index (χ3v) is 2.30. The predicted molar refractivity (Wildman–Crippen MR) is 58.9 cm³/mol. The van der Waals surface area contributed by atoms with E-state index in [1.54, 1.807) is 4.68 Å². The van der Waals surface area contributed by atoms with Crippen molar-refractivity contribution in [2.75, 3.05) is 6.54 Å². The van der Waals surface area contributed by atoms with Crippen LogP contribution in [0.3, 0.4) is 0 Å². The lowest BCUT2D eigenvalue weighted by molar-refractivity contribution is 0.431. The third kappa shape index (κ3) is 4.13. The van der Waals surface area contributed by atoms with Crippen LogP contribution in [0.2, 0.25) is 0 Å². The van der Waals surface area contributed by atoms with Gasteiger partial charge in [-0.05, 0) is 32.9 Å². The molecular weight excluding hydrogens is 188 g/mol. The Morgan fingerprint density at radius 1 is 1.60 bits per heavy atom. The number of nitrogens with zero attached hydrogens (tertiary/aromatic N) is 3. The van der Waals surface area contributed by atoms with Gasteiger partial charge in [-0.1, -0.05) is 0 Å². The summed E-state index contributed by atoms with van der Waals surface area (Å²) in [5.74, 6) is 0. The van der Waals surface area contributed by atoms with Gasteiger partial charge in [0.15, 0.2) is 0 Å². The van der Waals surface area contributed by atoms with Crippen LogP contribution in [0.25, 0.3) is 0 Å². The molecule has 0 fully saturated rings. The Balaban J connectivity index is 2.21. The SMILES string of the molecule is Cn1ccc(CNCCC(C)(C)C#N)n1. The molecule has 0 aliphatic rings. The van der Waals surface area contributed by atoms with Crippen molar-refractivity contribution >= 4 is 0 Å². The lowest BCUT2D eigenvalue weighted by Crippen LogP contribution is -2.21. The number of nitrogens with one attached hydrogen (secondary N) is 1. The van der Waals surface area contributed by atoms with Gasteiger partial charge in [-0.3, -0.25) is 4.68 Å². The summed E-state index contributed by atoms with van der Waals surface area (Å²) in [5, 5.41) is 16.4. The Bertz CT molecular complexity index is 346.